The zero-order valence-electron chi connectivity index (χ0n) is 9.87. The van der Waals surface area contributed by atoms with Crippen LogP contribution in [0.4, 0.5) is 0 Å². The highest BCUT2D eigenvalue weighted by Crippen LogP contribution is 2.29. The second-order valence-electron chi connectivity index (χ2n) is 4.65. The summed E-state index contributed by atoms with van der Waals surface area (Å²) in [5.74, 6) is -0.293. The molecule has 1 saturated carbocycles. The van der Waals surface area contributed by atoms with Crippen LogP contribution in [0.15, 0.2) is 0 Å². The van der Waals surface area contributed by atoms with E-state index in [1.165, 1.54) is 6.42 Å². The van der Waals surface area contributed by atoms with Crippen molar-refractivity contribution in [2.75, 3.05) is 0 Å². The maximum atomic E-state index is 11.6. The molecular formula is C12H21NO3. The SMILES string of the molecule is CCCC(CC(=O)O)NC(=O)CC1CCC1. The molecule has 1 fully saturated rings. The molecule has 1 atom stereocenters. The summed E-state index contributed by atoms with van der Waals surface area (Å²) in [6.07, 6.45) is 5.75. The molecule has 0 heterocycles. The van der Waals surface area contributed by atoms with Gasteiger partial charge < -0.3 is 10.4 Å². The summed E-state index contributed by atoms with van der Waals surface area (Å²) in [4.78, 5) is 22.2. The Morgan fingerprint density at radius 3 is 2.56 bits per heavy atom. The van der Waals surface area contributed by atoms with Crippen molar-refractivity contribution in [3.05, 3.63) is 0 Å². The van der Waals surface area contributed by atoms with Crippen molar-refractivity contribution < 1.29 is 14.7 Å². The number of carboxylic acids is 1. The number of hydrogen-bond acceptors (Lipinski definition) is 2. The van der Waals surface area contributed by atoms with Gasteiger partial charge in [0.05, 0.1) is 6.42 Å². The normalized spacial score (nSPS) is 17.6. The van der Waals surface area contributed by atoms with Crippen LogP contribution in [-0.2, 0) is 9.59 Å². The Labute approximate surface area is 96.4 Å². The summed E-state index contributed by atoms with van der Waals surface area (Å²) < 4.78 is 0. The van der Waals surface area contributed by atoms with Crippen LogP contribution in [0.2, 0.25) is 0 Å². The largest absolute Gasteiger partial charge is 0.481 e. The Kier molecular flexibility index (Phi) is 5.29. The molecule has 0 spiro atoms. The van der Waals surface area contributed by atoms with Gasteiger partial charge in [-0.1, -0.05) is 19.8 Å². The van der Waals surface area contributed by atoms with E-state index in [0.29, 0.717) is 12.3 Å². The van der Waals surface area contributed by atoms with E-state index in [1.54, 1.807) is 0 Å². The number of aliphatic carboxylic acids is 1. The number of rotatable bonds is 7. The van der Waals surface area contributed by atoms with Crippen LogP contribution < -0.4 is 5.32 Å². The Hall–Kier alpha value is -1.06. The standard InChI is InChI=1S/C12H21NO3/c1-2-4-10(8-12(15)16)13-11(14)7-9-5-3-6-9/h9-10H,2-8H2,1H3,(H,13,14)(H,15,16). The number of amides is 1. The predicted molar refractivity (Wildman–Crippen MR) is 61.0 cm³/mol. The number of carbonyl (C=O) groups is 2. The van der Waals surface area contributed by atoms with Crippen molar-refractivity contribution in [3.8, 4) is 0 Å². The number of nitrogens with one attached hydrogen (secondary N) is 1. The lowest BCUT2D eigenvalue weighted by Crippen LogP contribution is -2.37. The van der Waals surface area contributed by atoms with Crippen LogP contribution in [0.25, 0.3) is 0 Å². The van der Waals surface area contributed by atoms with Crippen LogP contribution in [0, 0.1) is 5.92 Å². The van der Waals surface area contributed by atoms with Crippen molar-refractivity contribution in [1.29, 1.82) is 0 Å². The van der Waals surface area contributed by atoms with Gasteiger partial charge >= 0.3 is 5.97 Å². The minimum Gasteiger partial charge on any atom is -0.481 e. The highest BCUT2D eigenvalue weighted by molar-refractivity contribution is 5.77. The quantitative estimate of drug-likeness (QED) is 0.698. The van der Waals surface area contributed by atoms with E-state index in [9.17, 15) is 9.59 Å². The number of carbonyl (C=O) groups excluding carboxylic acids is 1. The maximum Gasteiger partial charge on any atom is 0.305 e. The van der Waals surface area contributed by atoms with E-state index in [4.69, 9.17) is 5.11 Å². The molecule has 1 unspecified atom stereocenters. The summed E-state index contributed by atoms with van der Waals surface area (Å²) in [5.41, 5.74) is 0. The van der Waals surface area contributed by atoms with Gasteiger partial charge in [-0.25, -0.2) is 0 Å². The molecule has 1 aliphatic carbocycles. The summed E-state index contributed by atoms with van der Waals surface area (Å²) in [5, 5.41) is 11.5. The van der Waals surface area contributed by atoms with Crippen LogP contribution in [0.5, 0.6) is 0 Å². The summed E-state index contributed by atoms with van der Waals surface area (Å²) in [6.45, 7) is 1.99. The molecule has 4 nitrogen and oxygen atoms in total. The minimum atomic E-state index is -0.845. The first-order valence-electron chi connectivity index (χ1n) is 6.13. The molecule has 0 saturated heterocycles. The molecule has 1 rings (SSSR count). The smallest absolute Gasteiger partial charge is 0.305 e. The number of carboxylic acid groups (broad SMARTS) is 1. The third-order valence-electron chi connectivity index (χ3n) is 3.12. The fraction of sp³-hybridized carbons (Fsp3) is 0.833. The van der Waals surface area contributed by atoms with Crippen molar-refractivity contribution in [3.63, 3.8) is 0 Å². The van der Waals surface area contributed by atoms with Crippen molar-refractivity contribution in [2.45, 2.75) is 57.9 Å². The van der Waals surface area contributed by atoms with E-state index in [2.05, 4.69) is 5.32 Å². The summed E-state index contributed by atoms with van der Waals surface area (Å²) >= 11 is 0. The lowest BCUT2D eigenvalue weighted by Gasteiger charge is -2.25. The molecule has 2 N–H and O–H groups in total. The predicted octanol–water partition coefficient (Wildman–Crippen LogP) is 1.94. The summed E-state index contributed by atoms with van der Waals surface area (Å²) in [6, 6.07) is -0.199. The zero-order chi connectivity index (χ0) is 12.0. The third-order valence-corrected chi connectivity index (χ3v) is 3.12. The average molecular weight is 227 g/mol. The Morgan fingerprint density at radius 2 is 2.12 bits per heavy atom. The monoisotopic (exact) mass is 227 g/mol. The Bertz CT molecular complexity index is 249. The fourth-order valence-corrected chi connectivity index (χ4v) is 2.03. The van der Waals surface area contributed by atoms with Gasteiger partial charge in [0.15, 0.2) is 0 Å². The third kappa shape index (κ3) is 4.64. The van der Waals surface area contributed by atoms with Crippen molar-refractivity contribution in [1.82, 2.24) is 5.32 Å². The van der Waals surface area contributed by atoms with Crippen LogP contribution in [0.3, 0.4) is 0 Å². The van der Waals surface area contributed by atoms with Gasteiger partial charge in [0.1, 0.15) is 0 Å². The molecule has 4 heteroatoms. The molecule has 1 amide bonds. The minimum absolute atomic E-state index is 0.0180. The first-order chi connectivity index (χ1) is 7.61. The molecule has 1 aliphatic rings. The number of hydrogen-bond donors (Lipinski definition) is 2. The molecule has 0 aromatic carbocycles. The Morgan fingerprint density at radius 1 is 1.44 bits per heavy atom. The molecule has 0 radical (unpaired) electrons. The highest BCUT2D eigenvalue weighted by atomic mass is 16.4. The molecule has 0 aliphatic heterocycles. The van der Waals surface area contributed by atoms with Gasteiger partial charge in [-0.05, 0) is 25.2 Å². The molecular weight excluding hydrogens is 206 g/mol. The molecule has 0 aromatic rings. The lowest BCUT2D eigenvalue weighted by molar-refractivity contribution is -0.137. The van der Waals surface area contributed by atoms with E-state index in [-0.39, 0.29) is 18.4 Å². The zero-order valence-corrected chi connectivity index (χ0v) is 9.87. The van der Waals surface area contributed by atoms with Gasteiger partial charge in [0.25, 0.3) is 0 Å². The molecule has 0 bridgehead atoms. The van der Waals surface area contributed by atoms with E-state index in [0.717, 1.165) is 25.7 Å². The van der Waals surface area contributed by atoms with Crippen LogP contribution in [-0.4, -0.2) is 23.0 Å². The molecule has 16 heavy (non-hydrogen) atoms. The van der Waals surface area contributed by atoms with Gasteiger partial charge in [-0.3, -0.25) is 9.59 Å². The second-order valence-corrected chi connectivity index (χ2v) is 4.65. The van der Waals surface area contributed by atoms with Crippen LogP contribution in [0.1, 0.15) is 51.9 Å². The first-order valence-corrected chi connectivity index (χ1v) is 6.13. The topological polar surface area (TPSA) is 66.4 Å². The lowest BCUT2D eigenvalue weighted by atomic mass is 9.83. The Balaban J connectivity index is 2.27. The maximum absolute atomic E-state index is 11.6. The molecule has 92 valence electrons. The first kappa shape index (κ1) is 13.0. The van der Waals surface area contributed by atoms with E-state index >= 15 is 0 Å². The van der Waals surface area contributed by atoms with Gasteiger partial charge in [-0.15, -0.1) is 0 Å². The highest BCUT2D eigenvalue weighted by Gasteiger charge is 2.22. The van der Waals surface area contributed by atoms with Crippen LogP contribution >= 0.6 is 0 Å². The van der Waals surface area contributed by atoms with Gasteiger partial charge in [-0.2, -0.15) is 0 Å². The molecule has 0 aromatic heterocycles. The van der Waals surface area contributed by atoms with Gasteiger partial charge in [0, 0.05) is 12.5 Å². The average Bonchev–Trinajstić information content (AvgIpc) is 2.11. The van der Waals surface area contributed by atoms with E-state index < -0.39 is 5.97 Å². The van der Waals surface area contributed by atoms with E-state index in [1.807, 2.05) is 6.92 Å². The summed E-state index contributed by atoms with van der Waals surface area (Å²) in [7, 11) is 0. The fourth-order valence-electron chi connectivity index (χ4n) is 2.03. The second kappa shape index (κ2) is 6.51. The van der Waals surface area contributed by atoms with Crippen molar-refractivity contribution >= 4 is 11.9 Å². The van der Waals surface area contributed by atoms with Crippen molar-refractivity contribution in [2.24, 2.45) is 5.92 Å². The van der Waals surface area contributed by atoms with Gasteiger partial charge in [0.2, 0.25) is 5.91 Å².